The van der Waals surface area contributed by atoms with Crippen LogP contribution in [0.4, 0.5) is 0 Å². The summed E-state index contributed by atoms with van der Waals surface area (Å²) < 4.78 is 0. The van der Waals surface area contributed by atoms with Crippen LogP contribution in [0.1, 0.15) is 54.3 Å². The van der Waals surface area contributed by atoms with Gasteiger partial charge in [0.05, 0.1) is 6.61 Å². The molecular weight excluding hydrogens is 282 g/mol. The van der Waals surface area contributed by atoms with E-state index in [-0.39, 0.29) is 24.0 Å². The van der Waals surface area contributed by atoms with Crippen LogP contribution in [0.3, 0.4) is 0 Å². The number of rotatable bonds is 6. The van der Waals surface area contributed by atoms with Crippen molar-refractivity contribution in [2.75, 3.05) is 6.61 Å². The van der Waals surface area contributed by atoms with Gasteiger partial charge in [-0.05, 0) is 51.2 Å². The molecule has 0 aliphatic heterocycles. The Kier molecular flexibility index (Phi) is 5.44. The fraction of sp³-hybridized carbons (Fsp3) is 0.706. The van der Waals surface area contributed by atoms with Crippen LogP contribution < -0.4 is 5.32 Å². The van der Waals surface area contributed by atoms with Crippen LogP contribution in [-0.4, -0.2) is 23.7 Å². The first kappa shape index (κ1) is 16.5. The molecule has 4 heteroatoms. The van der Waals surface area contributed by atoms with Gasteiger partial charge in [0.1, 0.15) is 0 Å². The van der Waals surface area contributed by atoms with Gasteiger partial charge in [-0.15, -0.1) is 11.3 Å². The summed E-state index contributed by atoms with van der Waals surface area (Å²) in [6, 6.07) is 2.37. The SMILES string of the molecule is Cc1cc(CCCC(=O)NC2CCCC2(C)CO)c(C)s1. The number of carbonyl (C=O) groups excluding carboxylic acids is 1. The molecule has 1 saturated carbocycles. The van der Waals surface area contributed by atoms with Gasteiger partial charge in [-0.1, -0.05) is 13.3 Å². The van der Waals surface area contributed by atoms with Crippen molar-refractivity contribution in [1.82, 2.24) is 5.32 Å². The summed E-state index contributed by atoms with van der Waals surface area (Å²) in [5.41, 5.74) is 1.25. The van der Waals surface area contributed by atoms with E-state index in [4.69, 9.17) is 0 Å². The van der Waals surface area contributed by atoms with Crippen LogP contribution >= 0.6 is 11.3 Å². The first-order valence-corrected chi connectivity index (χ1v) is 8.72. The number of hydrogen-bond acceptors (Lipinski definition) is 3. The summed E-state index contributed by atoms with van der Waals surface area (Å²) in [6.45, 7) is 6.51. The summed E-state index contributed by atoms with van der Waals surface area (Å²) in [6.07, 6.45) is 5.53. The second-order valence-corrected chi connectivity index (χ2v) is 8.08. The third-order valence-electron chi connectivity index (χ3n) is 4.77. The molecule has 2 rings (SSSR count). The quantitative estimate of drug-likeness (QED) is 0.846. The molecule has 1 aliphatic rings. The molecule has 0 bridgehead atoms. The van der Waals surface area contributed by atoms with Crippen LogP contribution in [0.2, 0.25) is 0 Å². The Morgan fingerprint density at radius 3 is 2.90 bits per heavy atom. The lowest BCUT2D eigenvalue weighted by Crippen LogP contribution is -2.44. The minimum atomic E-state index is -0.128. The van der Waals surface area contributed by atoms with Gasteiger partial charge < -0.3 is 10.4 Å². The van der Waals surface area contributed by atoms with Crippen molar-refractivity contribution in [2.45, 2.75) is 65.3 Å². The predicted molar refractivity (Wildman–Crippen MR) is 87.7 cm³/mol. The number of aryl methyl sites for hydroxylation is 3. The molecule has 0 radical (unpaired) electrons. The molecule has 0 aromatic carbocycles. The zero-order chi connectivity index (χ0) is 15.5. The molecule has 1 heterocycles. The van der Waals surface area contributed by atoms with E-state index in [1.807, 2.05) is 11.3 Å². The highest BCUT2D eigenvalue weighted by Crippen LogP contribution is 2.37. The molecule has 1 fully saturated rings. The van der Waals surface area contributed by atoms with Crippen LogP contribution in [0.15, 0.2) is 6.07 Å². The van der Waals surface area contributed by atoms with Crippen molar-refractivity contribution in [3.63, 3.8) is 0 Å². The fourth-order valence-electron chi connectivity index (χ4n) is 3.31. The zero-order valence-electron chi connectivity index (χ0n) is 13.4. The Bertz CT molecular complexity index is 497. The van der Waals surface area contributed by atoms with Gasteiger partial charge in [0.25, 0.3) is 0 Å². The van der Waals surface area contributed by atoms with Gasteiger partial charge in [-0.2, -0.15) is 0 Å². The van der Waals surface area contributed by atoms with Gasteiger partial charge in [0.15, 0.2) is 0 Å². The molecule has 1 aromatic rings. The number of amides is 1. The van der Waals surface area contributed by atoms with Gasteiger partial charge in [-0.3, -0.25) is 4.79 Å². The zero-order valence-corrected chi connectivity index (χ0v) is 14.2. The van der Waals surface area contributed by atoms with E-state index in [2.05, 4.69) is 32.2 Å². The van der Waals surface area contributed by atoms with E-state index < -0.39 is 0 Å². The van der Waals surface area contributed by atoms with E-state index >= 15 is 0 Å². The Hall–Kier alpha value is -0.870. The molecule has 21 heavy (non-hydrogen) atoms. The normalized spacial score (nSPS) is 25.2. The smallest absolute Gasteiger partial charge is 0.220 e. The van der Waals surface area contributed by atoms with E-state index in [9.17, 15) is 9.90 Å². The maximum absolute atomic E-state index is 12.1. The molecule has 0 spiro atoms. The number of hydrogen-bond donors (Lipinski definition) is 2. The fourth-order valence-corrected chi connectivity index (χ4v) is 4.28. The summed E-state index contributed by atoms with van der Waals surface area (Å²) in [5.74, 6) is 0.131. The van der Waals surface area contributed by atoms with E-state index in [1.165, 1.54) is 15.3 Å². The number of nitrogens with one attached hydrogen (secondary N) is 1. The summed E-state index contributed by atoms with van der Waals surface area (Å²) >= 11 is 1.83. The molecule has 2 atom stereocenters. The molecular formula is C17H27NO2S. The van der Waals surface area contributed by atoms with Gasteiger partial charge in [0.2, 0.25) is 5.91 Å². The lowest BCUT2D eigenvalue weighted by Gasteiger charge is -2.30. The van der Waals surface area contributed by atoms with E-state index in [0.29, 0.717) is 6.42 Å². The van der Waals surface area contributed by atoms with Crippen LogP contribution in [0, 0.1) is 19.3 Å². The Balaban J connectivity index is 1.76. The maximum Gasteiger partial charge on any atom is 0.220 e. The lowest BCUT2D eigenvalue weighted by molar-refractivity contribution is -0.122. The monoisotopic (exact) mass is 309 g/mol. The summed E-state index contributed by atoms with van der Waals surface area (Å²) in [5, 5.41) is 12.6. The number of aliphatic hydroxyl groups is 1. The third kappa shape index (κ3) is 4.07. The van der Waals surface area contributed by atoms with Crippen molar-refractivity contribution < 1.29 is 9.90 Å². The molecule has 1 amide bonds. The average molecular weight is 309 g/mol. The van der Waals surface area contributed by atoms with Crippen LogP contribution in [0.25, 0.3) is 0 Å². The van der Waals surface area contributed by atoms with Gasteiger partial charge >= 0.3 is 0 Å². The van der Waals surface area contributed by atoms with Crippen molar-refractivity contribution in [3.8, 4) is 0 Å². The molecule has 1 aliphatic carbocycles. The molecule has 1 aromatic heterocycles. The molecule has 118 valence electrons. The highest BCUT2D eigenvalue weighted by molar-refractivity contribution is 7.12. The molecule has 3 nitrogen and oxygen atoms in total. The van der Waals surface area contributed by atoms with Crippen LogP contribution in [-0.2, 0) is 11.2 Å². The molecule has 2 unspecified atom stereocenters. The minimum absolute atomic E-state index is 0.128. The Morgan fingerprint density at radius 1 is 1.52 bits per heavy atom. The van der Waals surface area contributed by atoms with Crippen molar-refractivity contribution in [1.29, 1.82) is 0 Å². The number of thiophene rings is 1. The lowest BCUT2D eigenvalue weighted by atomic mass is 9.85. The first-order chi connectivity index (χ1) is 9.94. The summed E-state index contributed by atoms with van der Waals surface area (Å²) in [7, 11) is 0. The van der Waals surface area contributed by atoms with Gasteiger partial charge in [-0.25, -0.2) is 0 Å². The number of carbonyl (C=O) groups is 1. The standard InChI is InChI=1S/C17H27NO2S/c1-12-10-14(13(2)21-12)6-4-8-16(20)18-15-7-5-9-17(15,3)11-19/h10,15,19H,4-9,11H2,1-3H3,(H,18,20). The largest absolute Gasteiger partial charge is 0.396 e. The molecule has 0 saturated heterocycles. The van der Waals surface area contributed by atoms with E-state index in [1.54, 1.807) is 0 Å². The molecule has 2 N–H and O–H groups in total. The Morgan fingerprint density at radius 2 is 2.29 bits per heavy atom. The minimum Gasteiger partial charge on any atom is -0.396 e. The van der Waals surface area contributed by atoms with Crippen molar-refractivity contribution >= 4 is 17.2 Å². The second kappa shape index (κ2) is 6.93. The van der Waals surface area contributed by atoms with Crippen molar-refractivity contribution in [3.05, 3.63) is 21.4 Å². The van der Waals surface area contributed by atoms with Crippen molar-refractivity contribution in [2.24, 2.45) is 5.41 Å². The average Bonchev–Trinajstić information content (AvgIpc) is 2.94. The second-order valence-electron chi connectivity index (χ2n) is 6.62. The summed E-state index contributed by atoms with van der Waals surface area (Å²) in [4.78, 5) is 14.8. The highest BCUT2D eigenvalue weighted by atomic mass is 32.1. The first-order valence-electron chi connectivity index (χ1n) is 7.91. The third-order valence-corrected chi connectivity index (χ3v) is 5.78. The highest BCUT2D eigenvalue weighted by Gasteiger charge is 2.38. The topological polar surface area (TPSA) is 49.3 Å². The maximum atomic E-state index is 12.1. The van der Waals surface area contributed by atoms with Gasteiger partial charge in [0, 0.05) is 27.6 Å². The predicted octanol–water partition coefficient (Wildman–Crippen LogP) is 3.35. The Labute approximate surface area is 131 Å². The number of aliphatic hydroxyl groups excluding tert-OH is 1. The van der Waals surface area contributed by atoms with E-state index in [0.717, 1.165) is 32.1 Å². The van der Waals surface area contributed by atoms with Crippen LogP contribution in [0.5, 0.6) is 0 Å².